The summed E-state index contributed by atoms with van der Waals surface area (Å²) in [6.07, 6.45) is 0.0740. The number of hydrogen-bond donors (Lipinski definition) is 1. The third-order valence-electron chi connectivity index (χ3n) is 3.69. The monoisotopic (exact) mass is 377 g/mol. The number of carbonyl (C=O) groups excluding carboxylic acids is 1. The molecule has 0 radical (unpaired) electrons. The van der Waals surface area contributed by atoms with E-state index < -0.39 is 16.0 Å². The van der Waals surface area contributed by atoms with Gasteiger partial charge in [0.15, 0.2) is 0 Å². The van der Waals surface area contributed by atoms with Crippen molar-refractivity contribution in [2.75, 3.05) is 7.11 Å². The Morgan fingerprint density at radius 2 is 1.77 bits per heavy atom. The quantitative estimate of drug-likeness (QED) is 0.750. The lowest BCUT2D eigenvalue weighted by Gasteiger charge is -2.11. The van der Waals surface area contributed by atoms with Crippen LogP contribution in [-0.4, -0.2) is 27.6 Å². The van der Waals surface area contributed by atoms with Crippen LogP contribution in [0.4, 0.5) is 0 Å². The molecule has 0 aliphatic heterocycles. The van der Waals surface area contributed by atoms with E-state index in [0.29, 0.717) is 5.56 Å². The van der Waals surface area contributed by atoms with E-state index in [-0.39, 0.29) is 23.1 Å². The van der Waals surface area contributed by atoms with E-state index in [4.69, 9.17) is 4.74 Å². The minimum Gasteiger partial charge on any atom is -0.491 e. The van der Waals surface area contributed by atoms with Crippen molar-refractivity contribution in [1.82, 2.24) is 4.72 Å². The summed E-state index contributed by atoms with van der Waals surface area (Å²) in [5.41, 5.74) is 1.67. The summed E-state index contributed by atoms with van der Waals surface area (Å²) in [6, 6.07) is 11.6. The molecule has 0 saturated carbocycles. The Hall–Kier alpha value is -2.38. The molecule has 1 N–H and O–H groups in total. The Morgan fingerprint density at radius 1 is 1.12 bits per heavy atom. The summed E-state index contributed by atoms with van der Waals surface area (Å²) >= 11 is 0. The van der Waals surface area contributed by atoms with Gasteiger partial charge in [-0.05, 0) is 56.2 Å². The van der Waals surface area contributed by atoms with Crippen molar-refractivity contribution in [3.8, 4) is 5.75 Å². The molecule has 0 aliphatic rings. The fourth-order valence-corrected chi connectivity index (χ4v) is 3.36. The first-order chi connectivity index (χ1) is 12.2. The van der Waals surface area contributed by atoms with Gasteiger partial charge in [0, 0.05) is 6.54 Å². The maximum Gasteiger partial charge on any atom is 0.338 e. The second-order valence-electron chi connectivity index (χ2n) is 6.10. The van der Waals surface area contributed by atoms with E-state index in [9.17, 15) is 13.2 Å². The number of methoxy groups -OCH3 is 1. The van der Waals surface area contributed by atoms with E-state index in [0.717, 1.165) is 11.3 Å². The van der Waals surface area contributed by atoms with Crippen molar-refractivity contribution in [3.05, 3.63) is 59.2 Å². The van der Waals surface area contributed by atoms with Crippen LogP contribution < -0.4 is 9.46 Å². The van der Waals surface area contributed by atoms with Gasteiger partial charge in [0.2, 0.25) is 10.0 Å². The van der Waals surface area contributed by atoms with Crippen molar-refractivity contribution in [3.63, 3.8) is 0 Å². The molecule has 0 aliphatic carbocycles. The number of sulfonamides is 1. The Balaban J connectivity index is 2.12. The van der Waals surface area contributed by atoms with Gasteiger partial charge in [-0.1, -0.05) is 18.2 Å². The van der Waals surface area contributed by atoms with Crippen LogP contribution in [0.15, 0.2) is 47.4 Å². The number of ether oxygens (including phenoxy) is 2. The van der Waals surface area contributed by atoms with E-state index in [2.05, 4.69) is 9.46 Å². The second-order valence-corrected chi connectivity index (χ2v) is 7.87. The summed E-state index contributed by atoms with van der Waals surface area (Å²) < 4.78 is 37.8. The largest absolute Gasteiger partial charge is 0.491 e. The van der Waals surface area contributed by atoms with Crippen LogP contribution in [-0.2, 0) is 21.3 Å². The van der Waals surface area contributed by atoms with Crippen molar-refractivity contribution in [2.45, 2.75) is 38.3 Å². The highest BCUT2D eigenvalue weighted by atomic mass is 32.2. The van der Waals surface area contributed by atoms with Crippen molar-refractivity contribution >= 4 is 16.0 Å². The maximum absolute atomic E-state index is 12.5. The van der Waals surface area contributed by atoms with Crippen LogP contribution in [0.5, 0.6) is 5.75 Å². The molecule has 26 heavy (non-hydrogen) atoms. The molecule has 140 valence electrons. The van der Waals surface area contributed by atoms with Gasteiger partial charge < -0.3 is 9.47 Å². The number of carbonyl (C=O) groups is 1. The molecule has 0 amide bonds. The molecule has 0 spiro atoms. The second kappa shape index (κ2) is 8.33. The predicted octanol–water partition coefficient (Wildman–Crippen LogP) is 3.05. The Bertz CT molecular complexity index is 873. The van der Waals surface area contributed by atoms with Crippen LogP contribution in [0, 0.1) is 6.92 Å². The van der Waals surface area contributed by atoms with Gasteiger partial charge in [-0.2, -0.15) is 0 Å². The molecule has 0 fully saturated rings. The number of rotatable bonds is 7. The molecular formula is C19H23NO5S. The van der Waals surface area contributed by atoms with E-state index >= 15 is 0 Å². The van der Waals surface area contributed by atoms with Gasteiger partial charge >= 0.3 is 5.97 Å². The first-order valence-electron chi connectivity index (χ1n) is 8.17. The summed E-state index contributed by atoms with van der Waals surface area (Å²) in [7, 11) is -2.50. The van der Waals surface area contributed by atoms with Crippen molar-refractivity contribution < 1.29 is 22.7 Å². The van der Waals surface area contributed by atoms with Crippen molar-refractivity contribution in [2.24, 2.45) is 0 Å². The molecule has 6 nitrogen and oxygen atoms in total. The number of nitrogens with one attached hydrogen (secondary N) is 1. The smallest absolute Gasteiger partial charge is 0.338 e. The first kappa shape index (κ1) is 19.9. The Labute approximate surface area is 154 Å². The molecular weight excluding hydrogens is 354 g/mol. The highest BCUT2D eigenvalue weighted by molar-refractivity contribution is 7.89. The summed E-state index contributed by atoms with van der Waals surface area (Å²) in [6.45, 7) is 5.72. The predicted molar refractivity (Wildman–Crippen MR) is 98.8 cm³/mol. The lowest BCUT2D eigenvalue weighted by Crippen LogP contribution is -2.23. The third-order valence-corrected chi connectivity index (χ3v) is 5.09. The zero-order valence-electron chi connectivity index (χ0n) is 15.3. The molecule has 2 rings (SSSR count). The average molecular weight is 377 g/mol. The zero-order valence-corrected chi connectivity index (χ0v) is 16.1. The standard InChI is InChI=1S/C19H23NO5S/c1-13(2)25-16-8-6-15(7-9-16)12-20-26(22,23)17-10-5-14(3)18(11-17)19(21)24-4/h5-11,13,20H,12H2,1-4H3. The fourth-order valence-electron chi connectivity index (χ4n) is 2.32. The molecule has 0 unspecified atom stereocenters. The van der Waals surface area contributed by atoms with Gasteiger partial charge in [0.25, 0.3) is 0 Å². The average Bonchev–Trinajstić information content (AvgIpc) is 2.60. The molecule has 0 heterocycles. The lowest BCUT2D eigenvalue weighted by atomic mass is 10.1. The van der Waals surface area contributed by atoms with E-state index in [1.165, 1.54) is 19.2 Å². The summed E-state index contributed by atoms with van der Waals surface area (Å²) in [4.78, 5) is 11.8. The van der Waals surface area contributed by atoms with Gasteiger partial charge in [0.05, 0.1) is 23.7 Å². The molecule has 0 aromatic heterocycles. The third kappa shape index (κ3) is 5.06. The summed E-state index contributed by atoms with van der Waals surface area (Å²) in [5, 5.41) is 0. The van der Waals surface area contributed by atoms with E-state index in [1.807, 2.05) is 13.8 Å². The van der Waals surface area contributed by atoms with Gasteiger partial charge in [-0.15, -0.1) is 0 Å². The van der Waals surface area contributed by atoms with Crippen LogP contribution in [0.2, 0.25) is 0 Å². The van der Waals surface area contributed by atoms with Gasteiger partial charge in [-0.25, -0.2) is 17.9 Å². The highest BCUT2D eigenvalue weighted by Crippen LogP contribution is 2.18. The fraction of sp³-hybridized carbons (Fsp3) is 0.316. The topological polar surface area (TPSA) is 81.7 Å². The molecule has 0 bridgehead atoms. The SMILES string of the molecule is COC(=O)c1cc(S(=O)(=O)NCc2ccc(OC(C)C)cc2)ccc1C. The number of esters is 1. The van der Waals surface area contributed by atoms with Crippen molar-refractivity contribution in [1.29, 1.82) is 0 Å². The molecule has 0 atom stereocenters. The number of benzene rings is 2. The molecule has 7 heteroatoms. The lowest BCUT2D eigenvalue weighted by molar-refractivity contribution is 0.0599. The molecule has 2 aromatic carbocycles. The Kier molecular flexibility index (Phi) is 6.39. The van der Waals surface area contributed by atoms with Gasteiger partial charge in [-0.3, -0.25) is 0 Å². The molecule has 2 aromatic rings. The van der Waals surface area contributed by atoms with Crippen LogP contribution in [0.1, 0.15) is 35.3 Å². The normalized spacial score (nSPS) is 11.4. The first-order valence-corrected chi connectivity index (χ1v) is 9.65. The minimum atomic E-state index is -3.76. The number of hydrogen-bond acceptors (Lipinski definition) is 5. The Morgan fingerprint density at radius 3 is 2.35 bits per heavy atom. The van der Waals surface area contributed by atoms with Crippen LogP contribution >= 0.6 is 0 Å². The number of aryl methyl sites for hydroxylation is 1. The van der Waals surface area contributed by atoms with Gasteiger partial charge in [0.1, 0.15) is 5.75 Å². The minimum absolute atomic E-state index is 0.0169. The van der Waals surface area contributed by atoms with Crippen LogP contribution in [0.3, 0.4) is 0 Å². The highest BCUT2D eigenvalue weighted by Gasteiger charge is 2.18. The zero-order chi connectivity index (χ0) is 19.3. The van der Waals surface area contributed by atoms with E-state index in [1.54, 1.807) is 37.3 Å². The molecule has 0 saturated heterocycles. The summed E-state index contributed by atoms with van der Waals surface area (Å²) in [5.74, 6) is 0.160. The maximum atomic E-state index is 12.5. The van der Waals surface area contributed by atoms with Crippen LogP contribution in [0.25, 0.3) is 0 Å².